The first-order valence-corrected chi connectivity index (χ1v) is 12.4. The molecule has 0 spiro atoms. The Morgan fingerprint density at radius 3 is 2.25 bits per heavy atom. The summed E-state index contributed by atoms with van der Waals surface area (Å²) < 4.78 is 5.14. The van der Waals surface area contributed by atoms with Crippen molar-refractivity contribution in [2.75, 3.05) is 11.9 Å². The minimum absolute atomic E-state index is 0.0165. The molecule has 1 aliphatic heterocycles. The number of carbonyl (C=O) groups is 4. The summed E-state index contributed by atoms with van der Waals surface area (Å²) in [5.74, 6) is -1.37. The van der Waals surface area contributed by atoms with E-state index in [0.29, 0.717) is 26.9 Å². The summed E-state index contributed by atoms with van der Waals surface area (Å²) in [6, 6.07) is 16.1. The van der Waals surface area contributed by atoms with E-state index in [4.69, 9.17) is 4.74 Å². The van der Waals surface area contributed by atoms with E-state index in [1.807, 2.05) is 24.3 Å². The Morgan fingerprint density at radius 2 is 1.67 bits per heavy atom. The molecule has 184 valence electrons. The van der Waals surface area contributed by atoms with Crippen LogP contribution in [0.4, 0.5) is 5.00 Å². The van der Waals surface area contributed by atoms with Gasteiger partial charge in [0.1, 0.15) is 5.00 Å². The number of thiophene rings is 1. The van der Waals surface area contributed by atoms with E-state index in [1.54, 1.807) is 43.3 Å². The molecule has 0 unspecified atom stereocenters. The first kappa shape index (κ1) is 25.1. The van der Waals surface area contributed by atoms with Crippen molar-refractivity contribution in [2.45, 2.75) is 33.2 Å². The maximum Gasteiger partial charge on any atom is 0.341 e. The molecule has 36 heavy (non-hydrogen) atoms. The number of hydrogen-bond acceptors (Lipinski definition) is 6. The van der Waals surface area contributed by atoms with Gasteiger partial charge >= 0.3 is 5.97 Å². The fraction of sp³-hybridized carbons (Fsp3) is 0.214. The number of fused-ring (bicyclic) bond motifs is 1. The van der Waals surface area contributed by atoms with Crippen molar-refractivity contribution in [3.63, 3.8) is 0 Å². The van der Waals surface area contributed by atoms with Gasteiger partial charge in [-0.05, 0) is 48.2 Å². The highest BCUT2D eigenvalue weighted by atomic mass is 32.1. The zero-order chi connectivity index (χ0) is 25.8. The van der Waals surface area contributed by atoms with Gasteiger partial charge in [0.2, 0.25) is 5.91 Å². The Morgan fingerprint density at radius 1 is 1.03 bits per heavy atom. The summed E-state index contributed by atoms with van der Waals surface area (Å²) >= 11 is 1.13. The minimum Gasteiger partial charge on any atom is -0.462 e. The first-order valence-electron chi connectivity index (χ1n) is 11.6. The average Bonchev–Trinajstić information content (AvgIpc) is 3.37. The van der Waals surface area contributed by atoms with E-state index in [9.17, 15) is 19.2 Å². The summed E-state index contributed by atoms with van der Waals surface area (Å²) in [4.78, 5) is 52.3. The van der Waals surface area contributed by atoms with Crippen LogP contribution in [0.5, 0.6) is 0 Å². The maximum atomic E-state index is 12.7. The zero-order valence-electron chi connectivity index (χ0n) is 20.2. The number of amides is 3. The van der Waals surface area contributed by atoms with Crippen molar-refractivity contribution < 1.29 is 23.9 Å². The highest BCUT2D eigenvalue weighted by molar-refractivity contribution is 7.16. The molecule has 1 N–H and O–H groups in total. The Labute approximate surface area is 213 Å². The van der Waals surface area contributed by atoms with Crippen molar-refractivity contribution in [1.29, 1.82) is 0 Å². The van der Waals surface area contributed by atoms with E-state index in [2.05, 4.69) is 19.2 Å². The van der Waals surface area contributed by atoms with Gasteiger partial charge in [-0.1, -0.05) is 50.2 Å². The second-order valence-corrected chi connectivity index (χ2v) is 9.70. The molecule has 0 fully saturated rings. The standard InChI is InChI=1S/C28H26N2O5S/c1-4-35-28(34)23-15-20(16-30-26(32)21-7-5-6-8-22(21)27(30)33)36-25(23)29-24(31)14-11-18-9-12-19(13-10-18)17(2)3/h5-15,17H,4,16H2,1-3H3,(H,29,31)/b14-11+. The fourth-order valence-electron chi connectivity index (χ4n) is 3.83. The lowest BCUT2D eigenvalue weighted by Crippen LogP contribution is -2.28. The molecule has 3 amide bonds. The number of anilines is 1. The van der Waals surface area contributed by atoms with Gasteiger partial charge in [0.25, 0.3) is 11.8 Å². The molecule has 0 saturated heterocycles. The van der Waals surface area contributed by atoms with Gasteiger partial charge in [0.15, 0.2) is 0 Å². The summed E-state index contributed by atoms with van der Waals surface area (Å²) in [5, 5.41) is 3.03. The zero-order valence-corrected chi connectivity index (χ0v) is 21.1. The predicted molar refractivity (Wildman–Crippen MR) is 139 cm³/mol. The second kappa shape index (κ2) is 10.7. The maximum absolute atomic E-state index is 12.7. The quantitative estimate of drug-likeness (QED) is 0.250. The van der Waals surface area contributed by atoms with Crippen molar-refractivity contribution in [3.8, 4) is 0 Å². The van der Waals surface area contributed by atoms with E-state index in [0.717, 1.165) is 21.8 Å². The Balaban J connectivity index is 1.52. The number of imide groups is 1. The van der Waals surface area contributed by atoms with Gasteiger partial charge < -0.3 is 10.1 Å². The molecule has 7 nitrogen and oxygen atoms in total. The Kier molecular flexibility index (Phi) is 7.45. The van der Waals surface area contributed by atoms with Gasteiger partial charge in [-0.15, -0.1) is 11.3 Å². The topological polar surface area (TPSA) is 92.8 Å². The van der Waals surface area contributed by atoms with Crippen LogP contribution in [0.3, 0.4) is 0 Å². The predicted octanol–water partition coefficient (Wildman–Crippen LogP) is 5.50. The van der Waals surface area contributed by atoms with Crippen molar-refractivity contribution in [1.82, 2.24) is 4.90 Å². The summed E-state index contributed by atoms with van der Waals surface area (Å²) in [7, 11) is 0. The first-order chi connectivity index (χ1) is 17.3. The monoisotopic (exact) mass is 502 g/mol. The fourth-order valence-corrected chi connectivity index (χ4v) is 4.87. The number of nitrogens with one attached hydrogen (secondary N) is 1. The van der Waals surface area contributed by atoms with Crippen LogP contribution in [-0.2, 0) is 16.1 Å². The number of esters is 1. The number of ether oxygens (including phenoxy) is 1. The van der Waals surface area contributed by atoms with Crippen LogP contribution >= 0.6 is 11.3 Å². The van der Waals surface area contributed by atoms with Crippen LogP contribution in [0.25, 0.3) is 6.08 Å². The summed E-state index contributed by atoms with van der Waals surface area (Å²) in [5.41, 5.74) is 2.96. The van der Waals surface area contributed by atoms with Gasteiger partial charge in [-0.2, -0.15) is 0 Å². The van der Waals surface area contributed by atoms with Gasteiger partial charge in [-0.3, -0.25) is 19.3 Å². The summed E-state index contributed by atoms with van der Waals surface area (Å²) in [6.07, 6.45) is 3.08. The van der Waals surface area contributed by atoms with Gasteiger partial charge in [-0.25, -0.2) is 4.79 Å². The largest absolute Gasteiger partial charge is 0.462 e. The second-order valence-electron chi connectivity index (χ2n) is 8.56. The molecule has 2 aromatic carbocycles. The lowest BCUT2D eigenvalue weighted by atomic mass is 10.0. The third-order valence-corrected chi connectivity index (χ3v) is 6.77. The molecule has 1 aliphatic rings. The summed E-state index contributed by atoms with van der Waals surface area (Å²) in [6.45, 7) is 6.07. The van der Waals surface area contributed by atoms with Crippen LogP contribution in [0, 0.1) is 0 Å². The van der Waals surface area contributed by atoms with Crippen LogP contribution in [0.2, 0.25) is 0 Å². The van der Waals surface area contributed by atoms with Crippen LogP contribution in [-0.4, -0.2) is 35.2 Å². The minimum atomic E-state index is -0.592. The molecular formula is C28H26N2O5S. The molecule has 0 aliphatic carbocycles. The number of rotatable bonds is 8. The number of benzene rings is 2. The van der Waals surface area contributed by atoms with Crippen LogP contribution < -0.4 is 5.32 Å². The molecule has 0 radical (unpaired) electrons. The third kappa shape index (κ3) is 5.28. The molecule has 0 atom stereocenters. The average molecular weight is 503 g/mol. The van der Waals surface area contributed by atoms with Crippen molar-refractivity contribution >= 4 is 46.1 Å². The molecule has 1 aromatic heterocycles. The molecule has 3 aromatic rings. The lowest BCUT2D eigenvalue weighted by Gasteiger charge is -2.12. The number of nitrogens with zero attached hydrogens (tertiary/aromatic N) is 1. The smallest absolute Gasteiger partial charge is 0.341 e. The van der Waals surface area contributed by atoms with Gasteiger partial charge in [0, 0.05) is 11.0 Å². The van der Waals surface area contributed by atoms with E-state index < -0.39 is 23.7 Å². The Bertz CT molecular complexity index is 1320. The number of carbonyl (C=O) groups excluding carboxylic acids is 4. The molecule has 0 saturated carbocycles. The van der Waals surface area contributed by atoms with Crippen LogP contribution in [0.1, 0.15) is 73.8 Å². The molecule has 4 rings (SSSR count). The molecule has 2 heterocycles. The molecule has 8 heteroatoms. The molecular weight excluding hydrogens is 476 g/mol. The molecule has 0 bridgehead atoms. The normalized spacial score (nSPS) is 12.9. The van der Waals surface area contributed by atoms with Crippen molar-refractivity contribution in [2.24, 2.45) is 0 Å². The van der Waals surface area contributed by atoms with E-state index >= 15 is 0 Å². The van der Waals surface area contributed by atoms with Crippen LogP contribution in [0.15, 0.2) is 60.7 Å². The highest BCUT2D eigenvalue weighted by Crippen LogP contribution is 2.32. The van der Waals surface area contributed by atoms with E-state index in [-0.39, 0.29) is 18.7 Å². The Hall–Kier alpha value is -4.04. The third-order valence-electron chi connectivity index (χ3n) is 5.74. The SMILES string of the molecule is CCOC(=O)c1cc(CN2C(=O)c3ccccc3C2=O)sc1NC(=O)/C=C/c1ccc(C(C)C)cc1. The van der Waals surface area contributed by atoms with E-state index in [1.165, 1.54) is 11.6 Å². The highest BCUT2D eigenvalue weighted by Gasteiger charge is 2.35. The van der Waals surface area contributed by atoms with Crippen molar-refractivity contribution in [3.05, 3.63) is 93.4 Å². The number of hydrogen-bond donors (Lipinski definition) is 1. The van der Waals surface area contributed by atoms with Gasteiger partial charge in [0.05, 0.1) is 29.8 Å². The lowest BCUT2D eigenvalue weighted by molar-refractivity contribution is -0.111.